The lowest BCUT2D eigenvalue weighted by Crippen LogP contribution is -2.50. The van der Waals surface area contributed by atoms with E-state index in [2.05, 4.69) is 17.5 Å². The molecule has 40 valence electrons. The van der Waals surface area contributed by atoms with Crippen LogP contribution in [0.2, 0.25) is 0 Å². The van der Waals surface area contributed by atoms with Crippen LogP contribution >= 0.6 is 12.2 Å². The van der Waals surface area contributed by atoms with E-state index in [-0.39, 0.29) is 0 Å². The normalized spacial score (nSPS) is 28.9. The number of thiocarbonyl (C=S) groups is 1. The Morgan fingerprint density at radius 1 is 1.86 bits per heavy atom. The van der Waals surface area contributed by atoms with Crippen LogP contribution < -0.4 is 11.1 Å². The summed E-state index contributed by atoms with van der Waals surface area (Å²) < 4.78 is 0. The van der Waals surface area contributed by atoms with E-state index in [4.69, 9.17) is 5.73 Å². The molecule has 2 nitrogen and oxygen atoms in total. The van der Waals surface area contributed by atoms with Crippen LogP contribution in [0.25, 0.3) is 0 Å². The second-order valence-electron chi connectivity index (χ2n) is 1.70. The largest absolute Gasteiger partial charge is 0.392 e. The van der Waals surface area contributed by atoms with Crippen LogP contribution in [-0.2, 0) is 0 Å². The predicted molar refractivity (Wildman–Crippen MR) is 33.2 cm³/mol. The van der Waals surface area contributed by atoms with E-state index >= 15 is 0 Å². The number of hydrogen-bond acceptors (Lipinski definition) is 2. The van der Waals surface area contributed by atoms with Crippen molar-refractivity contribution in [3.8, 4) is 0 Å². The molecule has 1 aliphatic heterocycles. The van der Waals surface area contributed by atoms with Crippen LogP contribution in [-0.4, -0.2) is 17.6 Å². The number of hydrogen-bond donors (Lipinski definition) is 2. The van der Waals surface area contributed by atoms with Gasteiger partial charge < -0.3 is 11.1 Å². The van der Waals surface area contributed by atoms with Gasteiger partial charge in [-0.15, -0.1) is 0 Å². The maximum Gasteiger partial charge on any atom is 0.0900 e. The zero-order valence-electron chi connectivity index (χ0n) is 3.98. The Morgan fingerprint density at radius 2 is 2.43 bits per heavy atom. The Kier molecular flexibility index (Phi) is 1.25. The van der Waals surface area contributed by atoms with Gasteiger partial charge in [-0.25, -0.2) is 0 Å². The van der Waals surface area contributed by atoms with Crippen molar-refractivity contribution in [1.82, 2.24) is 5.32 Å². The third kappa shape index (κ3) is 0.894. The Balaban J connectivity index is 2.27. The summed E-state index contributed by atoms with van der Waals surface area (Å²) in [7, 11) is 0. The molecule has 7 heavy (non-hydrogen) atoms. The lowest BCUT2D eigenvalue weighted by molar-refractivity contribution is 0.461. The summed E-state index contributed by atoms with van der Waals surface area (Å²) in [5.74, 6) is 0. The standard InChI is InChI=1S/C4H8N2S/c5-4(7)3-1-2-6-3/h3,6H,1-2H2,(H2,5,7). The Bertz CT molecular complexity index is 87.7. The second-order valence-corrected chi connectivity index (χ2v) is 2.17. The first-order chi connectivity index (χ1) is 3.30. The first kappa shape index (κ1) is 5.00. The van der Waals surface area contributed by atoms with Gasteiger partial charge in [-0.05, 0) is 13.0 Å². The lowest BCUT2D eigenvalue weighted by atomic mass is 10.1. The number of rotatable bonds is 1. The van der Waals surface area contributed by atoms with E-state index in [0.717, 1.165) is 13.0 Å². The van der Waals surface area contributed by atoms with Crippen LogP contribution in [0.15, 0.2) is 0 Å². The fraction of sp³-hybridized carbons (Fsp3) is 0.750. The molecule has 1 atom stereocenters. The van der Waals surface area contributed by atoms with E-state index in [9.17, 15) is 0 Å². The zero-order chi connectivity index (χ0) is 5.28. The van der Waals surface area contributed by atoms with Gasteiger partial charge in [0.15, 0.2) is 0 Å². The van der Waals surface area contributed by atoms with E-state index in [0.29, 0.717) is 11.0 Å². The molecule has 1 aliphatic rings. The van der Waals surface area contributed by atoms with Gasteiger partial charge in [0, 0.05) is 0 Å². The quantitative estimate of drug-likeness (QED) is 0.459. The molecule has 1 unspecified atom stereocenters. The molecule has 1 fully saturated rings. The van der Waals surface area contributed by atoms with Gasteiger partial charge >= 0.3 is 0 Å². The number of nitrogens with two attached hydrogens (primary N) is 1. The lowest BCUT2D eigenvalue weighted by Gasteiger charge is -2.25. The van der Waals surface area contributed by atoms with Gasteiger partial charge in [0.05, 0.1) is 11.0 Å². The van der Waals surface area contributed by atoms with Gasteiger partial charge in [-0.1, -0.05) is 12.2 Å². The molecule has 3 N–H and O–H groups in total. The summed E-state index contributed by atoms with van der Waals surface area (Å²) in [5, 5.41) is 3.08. The zero-order valence-corrected chi connectivity index (χ0v) is 4.79. The second kappa shape index (κ2) is 1.76. The molecule has 0 aromatic rings. The molecule has 0 aliphatic carbocycles. The van der Waals surface area contributed by atoms with E-state index in [1.54, 1.807) is 0 Å². The molecular formula is C4H8N2S. The topological polar surface area (TPSA) is 38.0 Å². The summed E-state index contributed by atoms with van der Waals surface area (Å²) >= 11 is 4.68. The highest BCUT2D eigenvalue weighted by Gasteiger charge is 2.17. The van der Waals surface area contributed by atoms with Gasteiger partial charge in [0.2, 0.25) is 0 Å². The third-order valence-corrected chi connectivity index (χ3v) is 1.45. The summed E-state index contributed by atoms with van der Waals surface area (Å²) in [6.45, 7) is 1.07. The highest BCUT2D eigenvalue weighted by atomic mass is 32.1. The van der Waals surface area contributed by atoms with Crippen LogP contribution in [0.3, 0.4) is 0 Å². The monoisotopic (exact) mass is 116 g/mol. The van der Waals surface area contributed by atoms with Crippen molar-refractivity contribution in [2.45, 2.75) is 12.5 Å². The maximum absolute atomic E-state index is 5.27. The average molecular weight is 116 g/mol. The molecule has 0 aromatic carbocycles. The molecule has 0 aromatic heterocycles. The first-order valence-electron chi connectivity index (χ1n) is 2.33. The fourth-order valence-corrected chi connectivity index (χ4v) is 0.733. The van der Waals surface area contributed by atoms with E-state index < -0.39 is 0 Å². The Morgan fingerprint density at radius 3 is 2.43 bits per heavy atom. The predicted octanol–water partition coefficient (Wildman–Crippen LogP) is -0.366. The van der Waals surface area contributed by atoms with Crippen molar-refractivity contribution >= 4 is 17.2 Å². The molecule has 0 saturated carbocycles. The van der Waals surface area contributed by atoms with Crippen LogP contribution in [0.4, 0.5) is 0 Å². The summed E-state index contributed by atoms with van der Waals surface area (Å²) in [6.07, 6.45) is 1.12. The summed E-state index contributed by atoms with van der Waals surface area (Å²) in [6, 6.07) is 0.343. The van der Waals surface area contributed by atoms with Gasteiger partial charge in [-0.2, -0.15) is 0 Å². The van der Waals surface area contributed by atoms with Crippen molar-refractivity contribution in [2.75, 3.05) is 6.54 Å². The van der Waals surface area contributed by atoms with Crippen LogP contribution in [0, 0.1) is 0 Å². The van der Waals surface area contributed by atoms with Crippen molar-refractivity contribution in [1.29, 1.82) is 0 Å². The van der Waals surface area contributed by atoms with Crippen molar-refractivity contribution in [2.24, 2.45) is 5.73 Å². The Hall–Kier alpha value is -0.150. The van der Waals surface area contributed by atoms with Crippen molar-refractivity contribution in [3.05, 3.63) is 0 Å². The first-order valence-corrected chi connectivity index (χ1v) is 2.74. The van der Waals surface area contributed by atoms with Gasteiger partial charge in [0.25, 0.3) is 0 Å². The van der Waals surface area contributed by atoms with Crippen LogP contribution in [0.5, 0.6) is 0 Å². The third-order valence-electron chi connectivity index (χ3n) is 1.17. The number of nitrogens with one attached hydrogen (secondary N) is 1. The molecular weight excluding hydrogens is 108 g/mol. The summed E-state index contributed by atoms with van der Waals surface area (Å²) in [5.41, 5.74) is 5.27. The van der Waals surface area contributed by atoms with Crippen LogP contribution in [0.1, 0.15) is 6.42 Å². The molecule has 0 radical (unpaired) electrons. The Labute approximate surface area is 48.1 Å². The maximum atomic E-state index is 5.27. The van der Waals surface area contributed by atoms with Crippen molar-refractivity contribution < 1.29 is 0 Å². The molecule has 0 bridgehead atoms. The molecule has 3 heteroatoms. The minimum Gasteiger partial charge on any atom is -0.392 e. The van der Waals surface area contributed by atoms with Gasteiger partial charge in [-0.3, -0.25) is 0 Å². The molecule has 1 heterocycles. The molecule has 0 spiro atoms. The highest BCUT2D eigenvalue weighted by Crippen LogP contribution is 1.99. The SMILES string of the molecule is NC(=S)C1CCN1. The minimum atomic E-state index is 0.343. The van der Waals surface area contributed by atoms with Crippen molar-refractivity contribution in [3.63, 3.8) is 0 Å². The minimum absolute atomic E-state index is 0.343. The molecule has 0 amide bonds. The smallest absolute Gasteiger partial charge is 0.0900 e. The van der Waals surface area contributed by atoms with E-state index in [1.807, 2.05) is 0 Å². The highest BCUT2D eigenvalue weighted by molar-refractivity contribution is 7.80. The van der Waals surface area contributed by atoms with Gasteiger partial charge in [0.1, 0.15) is 0 Å². The van der Waals surface area contributed by atoms with E-state index in [1.165, 1.54) is 0 Å². The molecule has 1 rings (SSSR count). The molecule has 1 saturated heterocycles. The average Bonchev–Trinajstić information content (AvgIpc) is 1.23. The summed E-state index contributed by atoms with van der Waals surface area (Å²) in [4.78, 5) is 0.603. The fourth-order valence-electron chi connectivity index (χ4n) is 0.532.